The Morgan fingerprint density at radius 3 is 2.73 bits per heavy atom. The van der Waals surface area contributed by atoms with Crippen molar-refractivity contribution in [1.29, 1.82) is 0 Å². The minimum Gasteiger partial charge on any atom is -0.378 e. The Hall–Kier alpha value is -3.20. The molecule has 0 radical (unpaired) electrons. The van der Waals surface area contributed by atoms with Gasteiger partial charge in [-0.2, -0.15) is 0 Å². The van der Waals surface area contributed by atoms with E-state index in [0.29, 0.717) is 37.9 Å². The van der Waals surface area contributed by atoms with Crippen LogP contribution in [0.2, 0.25) is 0 Å². The van der Waals surface area contributed by atoms with Crippen molar-refractivity contribution in [3.63, 3.8) is 0 Å². The number of imide groups is 1. The van der Waals surface area contributed by atoms with Gasteiger partial charge < -0.3 is 20.3 Å². The lowest BCUT2D eigenvalue weighted by atomic mass is 9.96. The highest BCUT2D eigenvalue weighted by atomic mass is 19.1. The van der Waals surface area contributed by atoms with Crippen LogP contribution in [0.25, 0.3) is 16.5 Å². The van der Waals surface area contributed by atoms with Crippen LogP contribution in [0.4, 0.5) is 9.18 Å². The largest absolute Gasteiger partial charge is 0.378 e. The van der Waals surface area contributed by atoms with Gasteiger partial charge in [-0.3, -0.25) is 14.5 Å². The molecule has 8 nitrogen and oxygen atoms in total. The van der Waals surface area contributed by atoms with Crippen molar-refractivity contribution in [3.8, 4) is 0 Å². The summed E-state index contributed by atoms with van der Waals surface area (Å²) >= 11 is 0. The zero-order chi connectivity index (χ0) is 23.4. The first-order valence-electron chi connectivity index (χ1n) is 11.3. The van der Waals surface area contributed by atoms with Gasteiger partial charge in [0.15, 0.2) is 5.60 Å². The molecule has 3 aliphatic rings. The van der Waals surface area contributed by atoms with Gasteiger partial charge in [0.2, 0.25) is 0 Å². The number of urea groups is 1. The number of carbonyl (C=O) groups excluding carboxylic acids is 3. The van der Waals surface area contributed by atoms with Gasteiger partial charge in [0.25, 0.3) is 11.8 Å². The smallest absolute Gasteiger partial charge is 0.325 e. The van der Waals surface area contributed by atoms with Crippen LogP contribution in [0.3, 0.4) is 0 Å². The highest BCUT2D eigenvalue weighted by Crippen LogP contribution is 2.36. The summed E-state index contributed by atoms with van der Waals surface area (Å²) in [5.41, 5.74) is -0.0537. The lowest BCUT2D eigenvalue weighted by Gasteiger charge is -2.34. The maximum Gasteiger partial charge on any atom is 0.325 e. The Morgan fingerprint density at radius 2 is 2.03 bits per heavy atom. The maximum atomic E-state index is 13.5. The van der Waals surface area contributed by atoms with E-state index in [1.807, 2.05) is 12.3 Å². The number of nitrogens with one attached hydrogen (secondary N) is 2. The fourth-order valence-corrected chi connectivity index (χ4v) is 5.32. The van der Waals surface area contributed by atoms with Crippen LogP contribution in [-0.4, -0.2) is 68.5 Å². The number of carbonyl (C=O) groups is 3. The lowest BCUT2D eigenvalue weighted by Crippen LogP contribution is -2.55. The van der Waals surface area contributed by atoms with E-state index < -0.39 is 23.1 Å². The molecule has 1 atom stereocenters. The summed E-state index contributed by atoms with van der Waals surface area (Å²) in [7, 11) is 0. The Kier molecular flexibility index (Phi) is 5.04. The van der Waals surface area contributed by atoms with Gasteiger partial charge in [0.1, 0.15) is 11.4 Å². The molecule has 1 aromatic heterocycles. The molecule has 4 amide bonds. The molecule has 0 bridgehead atoms. The minimum atomic E-state index is -1.89. The summed E-state index contributed by atoms with van der Waals surface area (Å²) in [5.74, 6) is -1.18. The maximum absolute atomic E-state index is 13.5. The Labute approximate surface area is 190 Å². The summed E-state index contributed by atoms with van der Waals surface area (Å²) < 4.78 is 13.5. The van der Waals surface area contributed by atoms with Gasteiger partial charge in [-0.15, -0.1) is 0 Å². The minimum absolute atomic E-state index is 0.294. The number of hydrogen-bond donors (Lipinski definition) is 3. The van der Waals surface area contributed by atoms with Crippen LogP contribution in [0.1, 0.15) is 44.6 Å². The third-order valence-corrected chi connectivity index (χ3v) is 7.12. The zero-order valence-electron chi connectivity index (χ0n) is 18.5. The molecule has 1 aliphatic carbocycles. The normalized spacial score (nSPS) is 22.1. The molecule has 3 N–H and O–H groups in total. The number of H-pyrrole nitrogens is 1. The van der Waals surface area contributed by atoms with Gasteiger partial charge in [-0.05, 0) is 50.0 Å². The third-order valence-electron chi connectivity index (χ3n) is 7.12. The summed E-state index contributed by atoms with van der Waals surface area (Å²) in [6, 6.07) is 4.04. The van der Waals surface area contributed by atoms with E-state index in [0.717, 1.165) is 34.3 Å². The van der Waals surface area contributed by atoms with Crippen molar-refractivity contribution in [1.82, 2.24) is 20.1 Å². The first kappa shape index (κ1) is 21.6. The predicted molar refractivity (Wildman–Crippen MR) is 119 cm³/mol. The topological polar surface area (TPSA) is 106 Å². The fourth-order valence-electron chi connectivity index (χ4n) is 5.32. The van der Waals surface area contributed by atoms with Gasteiger partial charge in [-0.25, -0.2) is 9.18 Å². The van der Waals surface area contributed by atoms with E-state index in [4.69, 9.17) is 0 Å². The highest BCUT2D eigenvalue weighted by Gasteiger charge is 2.54. The molecule has 2 fully saturated rings. The van der Waals surface area contributed by atoms with Gasteiger partial charge in [0.05, 0.1) is 6.54 Å². The molecular weight excluding hydrogens is 427 g/mol. The van der Waals surface area contributed by atoms with Crippen LogP contribution in [0.15, 0.2) is 30.5 Å². The van der Waals surface area contributed by atoms with Crippen LogP contribution in [0.5, 0.6) is 0 Å². The number of fused-ring (bicyclic) bond motifs is 1. The number of amides is 4. The average molecular weight is 455 g/mol. The summed E-state index contributed by atoms with van der Waals surface area (Å²) in [6.45, 7) is 1.66. The van der Waals surface area contributed by atoms with Gasteiger partial charge in [0, 0.05) is 35.8 Å². The Balaban J connectivity index is 1.28. The van der Waals surface area contributed by atoms with Crippen molar-refractivity contribution < 1.29 is 23.9 Å². The van der Waals surface area contributed by atoms with E-state index in [9.17, 15) is 23.9 Å². The molecule has 5 rings (SSSR count). The monoisotopic (exact) mass is 454 g/mol. The SMILES string of the molecule is CC(O)(CN1C(=O)NC2(CCCC2)C1=O)C(=O)N1CC=C(c2c[nH]c3cc(F)ccc23)CC1. The molecule has 1 saturated carbocycles. The van der Waals surface area contributed by atoms with Gasteiger partial charge in [-0.1, -0.05) is 18.9 Å². The zero-order valence-corrected chi connectivity index (χ0v) is 18.5. The first-order valence-corrected chi connectivity index (χ1v) is 11.3. The summed E-state index contributed by atoms with van der Waals surface area (Å²) in [6.07, 6.45) is 7.23. The molecule has 174 valence electrons. The summed E-state index contributed by atoms with van der Waals surface area (Å²) in [4.78, 5) is 44.0. The fraction of sp³-hybridized carbons (Fsp3) is 0.458. The highest BCUT2D eigenvalue weighted by molar-refractivity contribution is 6.07. The molecule has 1 spiro atoms. The predicted octanol–water partition coefficient (Wildman–Crippen LogP) is 2.54. The molecule has 33 heavy (non-hydrogen) atoms. The van der Waals surface area contributed by atoms with Crippen LogP contribution >= 0.6 is 0 Å². The molecule has 1 saturated heterocycles. The van der Waals surface area contributed by atoms with E-state index in [1.54, 1.807) is 6.07 Å². The lowest BCUT2D eigenvalue weighted by molar-refractivity contribution is -0.152. The van der Waals surface area contributed by atoms with Crippen LogP contribution in [-0.2, 0) is 9.59 Å². The Bertz CT molecular complexity index is 1180. The van der Waals surface area contributed by atoms with Crippen LogP contribution in [0, 0.1) is 5.82 Å². The van der Waals surface area contributed by atoms with Gasteiger partial charge >= 0.3 is 6.03 Å². The average Bonchev–Trinajstić information content (AvgIpc) is 3.48. The van der Waals surface area contributed by atoms with Crippen LogP contribution < -0.4 is 5.32 Å². The molecule has 1 aromatic carbocycles. The standard InChI is InChI=1S/C24H27FN4O4/c1-23(33,14-29-21(31)24(27-22(29)32)8-2-3-9-24)20(30)28-10-6-15(7-11-28)18-13-26-19-12-16(25)4-5-17(18)19/h4-6,12-13,26,33H,2-3,7-11,14H2,1H3,(H,27,32). The van der Waals surface area contributed by atoms with E-state index in [2.05, 4.69) is 10.3 Å². The van der Waals surface area contributed by atoms with E-state index >= 15 is 0 Å². The van der Waals surface area contributed by atoms with Crippen molar-refractivity contribution in [2.45, 2.75) is 50.2 Å². The number of β-amino-alcohol motifs (C(OH)–C–C–N with tert-alkyl or cyclic N) is 1. The Morgan fingerprint density at radius 1 is 1.27 bits per heavy atom. The van der Waals surface area contributed by atoms with Crippen molar-refractivity contribution >= 4 is 34.3 Å². The third kappa shape index (κ3) is 3.60. The molecule has 2 aliphatic heterocycles. The number of nitrogens with zero attached hydrogens (tertiary/aromatic N) is 2. The number of benzene rings is 1. The molecule has 1 unspecified atom stereocenters. The molecule has 2 aromatic rings. The number of aliphatic hydroxyl groups is 1. The van der Waals surface area contributed by atoms with Crippen molar-refractivity contribution in [2.75, 3.05) is 19.6 Å². The summed E-state index contributed by atoms with van der Waals surface area (Å²) in [5, 5.41) is 14.6. The quantitative estimate of drug-likeness (QED) is 0.618. The number of aromatic amines is 1. The molecule has 3 heterocycles. The first-order chi connectivity index (χ1) is 15.7. The molecular formula is C24H27FN4O4. The number of halogens is 1. The molecule has 9 heteroatoms. The number of hydrogen-bond acceptors (Lipinski definition) is 4. The van der Waals surface area contributed by atoms with E-state index in [1.165, 1.54) is 24.0 Å². The second kappa shape index (κ2) is 7.69. The van der Waals surface area contributed by atoms with E-state index in [-0.39, 0.29) is 18.3 Å². The van der Waals surface area contributed by atoms with Crippen molar-refractivity contribution in [3.05, 3.63) is 41.9 Å². The van der Waals surface area contributed by atoms with Crippen molar-refractivity contribution in [2.24, 2.45) is 0 Å². The second-order valence-corrected chi connectivity index (χ2v) is 9.51. The second-order valence-electron chi connectivity index (χ2n) is 9.51. The number of rotatable bonds is 4. The number of aromatic nitrogens is 1.